The predicted molar refractivity (Wildman–Crippen MR) is 101 cm³/mol. The number of ether oxygens (including phenoxy) is 1. The maximum atomic E-state index is 14.5. The Morgan fingerprint density at radius 2 is 1.75 bits per heavy atom. The van der Waals surface area contributed by atoms with E-state index in [-0.39, 0.29) is 5.92 Å². The molecule has 0 spiro atoms. The van der Waals surface area contributed by atoms with Crippen molar-refractivity contribution in [2.24, 2.45) is 0 Å². The fourth-order valence-corrected chi connectivity index (χ4v) is 4.06. The SMILES string of the molecule is CCc1ccc2cc(C3CCc4c(ccc(OC(F)(F)F)c4F)C3)ccc2c1. The first kappa shape index (κ1) is 18.8. The molecule has 3 aromatic carbocycles. The Bertz CT molecular complexity index is 1020. The van der Waals surface area contributed by atoms with E-state index < -0.39 is 17.9 Å². The highest BCUT2D eigenvalue weighted by atomic mass is 19.4. The lowest BCUT2D eigenvalue weighted by molar-refractivity contribution is -0.275. The molecule has 0 aliphatic heterocycles. The first-order valence-corrected chi connectivity index (χ1v) is 9.42. The largest absolute Gasteiger partial charge is 0.573 e. The van der Waals surface area contributed by atoms with E-state index in [1.165, 1.54) is 21.9 Å². The highest BCUT2D eigenvalue weighted by Crippen LogP contribution is 2.38. The van der Waals surface area contributed by atoms with Gasteiger partial charge < -0.3 is 4.74 Å². The van der Waals surface area contributed by atoms with Crippen molar-refractivity contribution in [3.63, 3.8) is 0 Å². The molecule has 3 aromatic rings. The van der Waals surface area contributed by atoms with E-state index in [0.717, 1.165) is 18.1 Å². The maximum absolute atomic E-state index is 14.5. The Morgan fingerprint density at radius 3 is 2.50 bits per heavy atom. The number of aryl methyl sites for hydroxylation is 1. The Kier molecular flexibility index (Phi) is 4.77. The first-order chi connectivity index (χ1) is 13.3. The van der Waals surface area contributed by atoms with Crippen LogP contribution in [0.1, 0.15) is 41.5 Å². The fourth-order valence-electron chi connectivity index (χ4n) is 4.06. The molecule has 1 aliphatic rings. The summed E-state index contributed by atoms with van der Waals surface area (Å²) < 4.78 is 55.5. The molecule has 1 unspecified atom stereocenters. The topological polar surface area (TPSA) is 9.23 Å². The molecule has 0 heterocycles. The van der Waals surface area contributed by atoms with Gasteiger partial charge >= 0.3 is 6.36 Å². The van der Waals surface area contributed by atoms with Gasteiger partial charge in [-0.2, -0.15) is 0 Å². The molecular weight excluding hydrogens is 368 g/mol. The van der Waals surface area contributed by atoms with Crippen LogP contribution >= 0.6 is 0 Å². The molecule has 0 fully saturated rings. The normalized spacial score (nSPS) is 16.8. The summed E-state index contributed by atoms with van der Waals surface area (Å²) in [5, 5.41) is 2.36. The van der Waals surface area contributed by atoms with Crippen molar-refractivity contribution in [1.29, 1.82) is 0 Å². The third-order valence-corrected chi connectivity index (χ3v) is 5.55. The van der Waals surface area contributed by atoms with Crippen molar-refractivity contribution < 1.29 is 22.3 Å². The fraction of sp³-hybridized carbons (Fsp3) is 0.304. The summed E-state index contributed by atoms with van der Waals surface area (Å²) in [5.74, 6) is -1.42. The van der Waals surface area contributed by atoms with Gasteiger partial charge in [0.05, 0.1) is 0 Å². The van der Waals surface area contributed by atoms with Crippen molar-refractivity contribution in [1.82, 2.24) is 0 Å². The predicted octanol–water partition coefficient (Wildman–Crippen LogP) is 6.71. The smallest absolute Gasteiger partial charge is 0.403 e. The van der Waals surface area contributed by atoms with Gasteiger partial charge in [-0.25, -0.2) is 4.39 Å². The van der Waals surface area contributed by atoms with Crippen LogP contribution in [0.2, 0.25) is 0 Å². The molecule has 0 saturated heterocycles. The summed E-state index contributed by atoms with van der Waals surface area (Å²) in [6, 6.07) is 15.5. The van der Waals surface area contributed by atoms with Crippen molar-refractivity contribution >= 4 is 10.8 Å². The zero-order valence-electron chi connectivity index (χ0n) is 15.4. The summed E-state index contributed by atoms with van der Waals surface area (Å²) >= 11 is 0. The van der Waals surface area contributed by atoms with Gasteiger partial charge in [0, 0.05) is 0 Å². The number of hydrogen-bond donors (Lipinski definition) is 0. The number of halogens is 4. The second-order valence-corrected chi connectivity index (χ2v) is 7.30. The quantitative estimate of drug-likeness (QED) is 0.453. The third kappa shape index (κ3) is 3.71. The zero-order valence-corrected chi connectivity index (χ0v) is 15.4. The van der Waals surface area contributed by atoms with Crippen molar-refractivity contribution in [3.05, 3.63) is 76.6 Å². The number of alkyl halides is 3. The van der Waals surface area contributed by atoms with Crippen molar-refractivity contribution in [2.45, 2.75) is 44.9 Å². The summed E-state index contributed by atoms with van der Waals surface area (Å²) in [5.41, 5.74) is 3.56. The van der Waals surface area contributed by atoms with Crippen LogP contribution in [-0.2, 0) is 19.3 Å². The summed E-state index contributed by atoms with van der Waals surface area (Å²) in [4.78, 5) is 0. The zero-order chi connectivity index (χ0) is 19.9. The summed E-state index contributed by atoms with van der Waals surface area (Å²) in [7, 11) is 0. The van der Waals surface area contributed by atoms with E-state index in [1.54, 1.807) is 6.07 Å². The van der Waals surface area contributed by atoms with Gasteiger partial charge in [-0.1, -0.05) is 49.4 Å². The molecule has 1 atom stereocenters. The molecule has 0 amide bonds. The van der Waals surface area contributed by atoms with Crippen LogP contribution in [0.15, 0.2) is 48.5 Å². The van der Waals surface area contributed by atoms with Gasteiger partial charge in [0.2, 0.25) is 0 Å². The lowest BCUT2D eigenvalue weighted by Gasteiger charge is -2.26. The monoisotopic (exact) mass is 388 g/mol. The van der Waals surface area contributed by atoms with E-state index in [9.17, 15) is 17.6 Å². The van der Waals surface area contributed by atoms with Gasteiger partial charge in [-0.05, 0) is 70.7 Å². The van der Waals surface area contributed by atoms with Gasteiger partial charge in [0.25, 0.3) is 0 Å². The molecule has 0 N–H and O–H groups in total. The van der Waals surface area contributed by atoms with Gasteiger partial charge in [0.15, 0.2) is 11.6 Å². The van der Waals surface area contributed by atoms with Crippen LogP contribution in [0.25, 0.3) is 10.8 Å². The van der Waals surface area contributed by atoms with Crippen LogP contribution in [0.4, 0.5) is 17.6 Å². The number of rotatable bonds is 3. The van der Waals surface area contributed by atoms with Crippen molar-refractivity contribution in [2.75, 3.05) is 0 Å². The molecule has 5 heteroatoms. The highest BCUT2D eigenvalue weighted by Gasteiger charge is 2.34. The van der Waals surface area contributed by atoms with E-state index in [1.807, 2.05) is 0 Å². The van der Waals surface area contributed by atoms with Crippen molar-refractivity contribution in [3.8, 4) is 5.75 Å². The van der Waals surface area contributed by atoms with Crippen LogP contribution in [0.3, 0.4) is 0 Å². The van der Waals surface area contributed by atoms with E-state index in [4.69, 9.17) is 0 Å². The van der Waals surface area contributed by atoms with E-state index in [0.29, 0.717) is 24.8 Å². The standard InChI is InChI=1S/C23H20F4O/c1-2-14-3-4-16-12-17(6-5-15(16)11-14)18-7-9-20-19(13-18)8-10-21(22(20)24)28-23(25,26)27/h3-6,8,10-12,18H,2,7,9,13H2,1H3. The molecule has 1 aliphatic carbocycles. The first-order valence-electron chi connectivity index (χ1n) is 9.42. The van der Waals surface area contributed by atoms with E-state index in [2.05, 4.69) is 48.1 Å². The van der Waals surface area contributed by atoms with E-state index >= 15 is 0 Å². The van der Waals surface area contributed by atoms with Crippen LogP contribution in [-0.4, -0.2) is 6.36 Å². The molecule has 0 bridgehead atoms. The third-order valence-electron chi connectivity index (χ3n) is 5.55. The maximum Gasteiger partial charge on any atom is 0.573 e. The summed E-state index contributed by atoms with van der Waals surface area (Å²) in [6.07, 6.45) is -2.21. The molecular formula is C23H20F4O. The van der Waals surface area contributed by atoms with Gasteiger partial charge in [0.1, 0.15) is 0 Å². The molecule has 0 saturated carbocycles. The number of fused-ring (bicyclic) bond motifs is 2. The minimum atomic E-state index is -4.89. The Hall–Kier alpha value is -2.56. The average molecular weight is 388 g/mol. The second-order valence-electron chi connectivity index (χ2n) is 7.30. The van der Waals surface area contributed by atoms with Gasteiger partial charge in [-0.15, -0.1) is 13.2 Å². The van der Waals surface area contributed by atoms with Gasteiger partial charge in [-0.3, -0.25) is 0 Å². The Balaban J connectivity index is 1.60. The van der Waals surface area contributed by atoms with Crippen LogP contribution in [0, 0.1) is 5.82 Å². The number of hydrogen-bond acceptors (Lipinski definition) is 1. The second kappa shape index (κ2) is 7.12. The highest BCUT2D eigenvalue weighted by molar-refractivity contribution is 5.84. The molecule has 1 nitrogen and oxygen atoms in total. The Morgan fingerprint density at radius 1 is 1.00 bits per heavy atom. The molecule has 146 valence electrons. The molecule has 4 rings (SSSR count). The van der Waals surface area contributed by atoms with Crippen LogP contribution in [0.5, 0.6) is 5.75 Å². The molecule has 0 radical (unpaired) electrons. The summed E-state index contributed by atoms with van der Waals surface area (Å²) in [6.45, 7) is 2.12. The minimum absolute atomic E-state index is 0.219. The Labute approximate surface area is 160 Å². The van der Waals surface area contributed by atoms with Crippen LogP contribution < -0.4 is 4.74 Å². The minimum Gasteiger partial charge on any atom is -0.403 e. The lowest BCUT2D eigenvalue weighted by Crippen LogP contribution is -2.20. The molecule has 0 aromatic heterocycles. The number of benzene rings is 3. The molecule has 28 heavy (non-hydrogen) atoms. The average Bonchev–Trinajstić information content (AvgIpc) is 2.68. The lowest BCUT2D eigenvalue weighted by atomic mass is 9.79.